The summed E-state index contributed by atoms with van der Waals surface area (Å²) in [4.78, 5) is 21.0. The largest absolute Gasteiger partial charge is 0.476 e. The Balaban J connectivity index is 1.78. The van der Waals surface area contributed by atoms with E-state index in [9.17, 15) is 4.79 Å². The van der Waals surface area contributed by atoms with E-state index in [1.54, 1.807) is 0 Å². The van der Waals surface area contributed by atoms with Crippen LogP contribution in [0.4, 0.5) is 5.82 Å². The minimum atomic E-state index is -1.05. The van der Waals surface area contributed by atoms with Crippen molar-refractivity contribution in [2.24, 2.45) is 5.92 Å². The summed E-state index contributed by atoms with van der Waals surface area (Å²) in [7, 11) is 0. The molecule has 1 aliphatic rings. The Kier molecular flexibility index (Phi) is 4.68. The number of piperidine rings is 1. The van der Waals surface area contributed by atoms with Crippen molar-refractivity contribution in [1.82, 2.24) is 14.9 Å². The Morgan fingerprint density at radius 1 is 1.42 bits per heavy atom. The molecule has 0 unspecified atom stereocenters. The van der Waals surface area contributed by atoms with Crippen LogP contribution in [0.25, 0.3) is 0 Å². The van der Waals surface area contributed by atoms with E-state index >= 15 is 0 Å². The number of rotatable bonds is 5. The lowest BCUT2D eigenvalue weighted by atomic mass is 9.97. The molecule has 0 amide bonds. The fourth-order valence-corrected chi connectivity index (χ4v) is 2.29. The maximum atomic E-state index is 10.6. The number of nitrogens with one attached hydrogen (secondary N) is 1. The zero-order valence-electron chi connectivity index (χ0n) is 11.2. The molecule has 2 heterocycles. The van der Waals surface area contributed by atoms with Crippen molar-refractivity contribution in [2.75, 3.05) is 31.5 Å². The topological polar surface area (TPSA) is 78.4 Å². The lowest BCUT2D eigenvalue weighted by Gasteiger charge is -2.31. The van der Waals surface area contributed by atoms with Gasteiger partial charge in [0.25, 0.3) is 0 Å². The SMILES string of the molecule is CCN1CCC(CNc2cnc(C(=O)O)cn2)CC1. The molecular weight excluding hydrogens is 244 g/mol. The van der Waals surface area contributed by atoms with Crippen LogP contribution >= 0.6 is 0 Å². The van der Waals surface area contributed by atoms with Crippen LogP contribution in [0.2, 0.25) is 0 Å². The molecule has 2 N–H and O–H groups in total. The molecule has 0 aromatic carbocycles. The lowest BCUT2D eigenvalue weighted by molar-refractivity contribution is 0.0690. The van der Waals surface area contributed by atoms with Crippen molar-refractivity contribution >= 4 is 11.8 Å². The highest BCUT2D eigenvalue weighted by molar-refractivity contribution is 5.84. The summed E-state index contributed by atoms with van der Waals surface area (Å²) in [5.74, 6) is 0.248. The van der Waals surface area contributed by atoms with Crippen molar-refractivity contribution in [3.63, 3.8) is 0 Å². The molecule has 1 aromatic heterocycles. The summed E-state index contributed by atoms with van der Waals surface area (Å²) in [6.45, 7) is 6.51. The minimum Gasteiger partial charge on any atom is -0.476 e. The molecule has 1 fully saturated rings. The number of likely N-dealkylation sites (tertiary alicyclic amines) is 1. The van der Waals surface area contributed by atoms with Crippen molar-refractivity contribution in [3.05, 3.63) is 18.1 Å². The zero-order valence-corrected chi connectivity index (χ0v) is 11.2. The standard InChI is InChI=1S/C13H20N4O2/c1-2-17-5-3-10(4-6-17)7-15-12-9-14-11(8-16-12)13(18)19/h8-10H,2-7H2,1H3,(H,15,16)(H,18,19). The Hall–Kier alpha value is -1.69. The third kappa shape index (κ3) is 3.89. The molecule has 104 valence electrons. The number of carboxylic acids is 1. The van der Waals surface area contributed by atoms with E-state index in [0.29, 0.717) is 11.7 Å². The van der Waals surface area contributed by atoms with E-state index in [2.05, 4.69) is 27.1 Å². The van der Waals surface area contributed by atoms with Gasteiger partial charge in [0.1, 0.15) is 5.82 Å². The van der Waals surface area contributed by atoms with Gasteiger partial charge in [-0.2, -0.15) is 0 Å². The number of aromatic nitrogens is 2. The summed E-state index contributed by atoms with van der Waals surface area (Å²) in [5, 5.41) is 12.0. The van der Waals surface area contributed by atoms with Crippen LogP contribution in [0.15, 0.2) is 12.4 Å². The summed E-state index contributed by atoms with van der Waals surface area (Å²) >= 11 is 0. The first-order chi connectivity index (χ1) is 9.19. The molecule has 0 bridgehead atoms. The quantitative estimate of drug-likeness (QED) is 0.835. The minimum absolute atomic E-state index is 0.0261. The molecule has 0 saturated carbocycles. The fraction of sp³-hybridized carbons (Fsp3) is 0.615. The third-order valence-corrected chi connectivity index (χ3v) is 3.60. The van der Waals surface area contributed by atoms with Gasteiger partial charge in [-0.15, -0.1) is 0 Å². The molecule has 1 aromatic rings. The lowest BCUT2D eigenvalue weighted by Crippen LogP contribution is -2.35. The third-order valence-electron chi connectivity index (χ3n) is 3.60. The van der Waals surface area contributed by atoms with Crippen LogP contribution in [0.5, 0.6) is 0 Å². The first-order valence-corrected chi connectivity index (χ1v) is 6.70. The van der Waals surface area contributed by atoms with Crippen molar-refractivity contribution in [2.45, 2.75) is 19.8 Å². The second-order valence-corrected chi connectivity index (χ2v) is 4.85. The number of carbonyl (C=O) groups is 1. The van der Waals surface area contributed by atoms with E-state index in [0.717, 1.165) is 26.2 Å². The second-order valence-electron chi connectivity index (χ2n) is 4.85. The molecule has 6 heteroatoms. The predicted octanol–water partition coefficient (Wildman–Crippen LogP) is 1.32. The summed E-state index contributed by atoms with van der Waals surface area (Å²) < 4.78 is 0. The van der Waals surface area contributed by atoms with Crippen LogP contribution in [-0.4, -0.2) is 52.1 Å². The first kappa shape index (κ1) is 13.7. The molecule has 1 saturated heterocycles. The molecule has 0 spiro atoms. The van der Waals surface area contributed by atoms with E-state index in [4.69, 9.17) is 5.11 Å². The monoisotopic (exact) mass is 264 g/mol. The summed E-state index contributed by atoms with van der Waals surface area (Å²) in [6, 6.07) is 0. The fourth-order valence-electron chi connectivity index (χ4n) is 2.29. The molecule has 1 aliphatic heterocycles. The highest BCUT2D eigenvalue weighted by atomic mass is 16.4. The van der Waals surface area contributed by atoms with Crippen LogP contribution in [0.1, 0.15) is 30.3 Å². The molecule has 2 rings (SSSR count). The van der Waals surface area contributed by atoms with Crippen molar-refractivity contribution in [3.8, 4) is 0 Å². The smallest absolute Gasteiger partial charge is 0.356 e. The van der Waals surface area contributed by atoms with E-state index in [1.165, 1.54) is 25.2 Å². The number of hydrogen-bond donors (Lipinski definition) is 2. The normalized spacial score (nSPS) is 17.3. The van der Waals surface area contributed by atoms with E-state index < -0.39 is 5.97 Å². The van der Waals surface area contributed by atoms with Gasteiger partial charge in [-0.05, 0) is 38.4 Å². The highest BCUT2D eigenvalue weighted by Gasteiger charge is 2.17. The Morgan fingerprint density at radius 3 is 2.68 bits per heavy atom. The van der Waals surface area contributed by atoms with Gasteiger partial charge in [0, 0.05) is 6.54 Å². The van der Waals surface area contributed by atoms with Gasteiger partial charge >= 0.3 is 5.97 Å². The number of carboxylic acid groups (broad SMARTS) is 1. The second kappa shape index (κ2) is 6.47. The number of aromatic carboxylic acids is 1. The Morgan fingerprint density at radius 2 is 2.16 bits per heavy atom. The van der Waals surface area contributed by atoms with Gasteiger partial charge in [0.2, 0.25) is 0 Å². The Labute approximate surface area is 112 Å². The molecule has 19 heavy (non-hydrogen) atoms. The van der Waals surface area contributed by atoms with Gasteiger partial charge in [-0.1, -0.05) is 6.92 Å². The van der Waals surface area contributed by atoms with Crippen LogP contribution < -0.4 is 5.32 Å². The van der Waals surface area contributed by atoms with Gasteiger partial charge in [-0.25, -0.2) is 14.8 Å². The summed E-state index contributed by atoms with van der Waals surface area (Å²) in [6.07, 6.45) is 5.15. The Bertz CT molecular complexity index is 413. The molecule has 6 nitrogen and oxygen atoms in total. The van der Waals surface area contributed by atoms with Crippen LogP contribution in [0.3, 0.4) is 0 Å². The number of anilines is 1. The molecular formula is C13H20N4O2. The average molecular weight is 264 g/mol. The van der Waals surface area contributed by atoms with E-state index in [-0.39, 0.29) is 5.69 Å². The van der Waals surface area contributed by atoms with Crippen molar-refractivity contribution in [1.29, 1.82) is 0 Å². The molecule has 0 aliphatic carbocycles. The first-order valence-electron chi connectivity index (χ1n) is 6.70. The maximum absolute atomic E-state index is 10.6. The molecule has 0 atom stereocenters. The van der Waals surface area contributed by atoms with Gasteiger partial charge < -0.3 is 15.3 Å². The summed E-state index contributed by atoms with van der Waals surface area (Å²) in [5.41, 5.74) is -0.0261. The average Bonchev–Trinajstić information content (AvgIpc) is 2.46. The van der Waals surface area contributed by atoms with Gasteiger partial charge in [-0.3, -0.25) is 0 Å². The molecule has 0 radical (unpaired) electrons. The predicted molar refractivity (Wildman–Crippen MR) is 72.3 cm³/mol. The van der Waals surface area contributed by atoms with Gasteiger partial charge in [0.05, 0.1) is 12.4 Å². The number of nitrogens with zero attached hydrogens (tertiary/aromatic N) is 3. The van der Waals surface area contributed by atoms with Crippen molar-refractivity contribution < 1.29 is 9.90 Å². The van der Waals surface area contributed by atoms with Gasteiger partial charge in [0.15, 0.2) is 5.69 Å². The van der Waals surface area contributed by atoms with Crippen LogP contribution in [0, 0.1) is 5.92 Å². The van der Waals surface area contributed by atoms with Crippen LogP contribution in [-0.2, 0) is 0 Å². The van der Waals surface area contributed by atoms with E-state index in [1.807, 2.05) is 0 Å². The maximum Gasteiger partial charge on any atom is 0.356 e. The highest BCUT2D eigenvalue weighted by Crippen LogP contribution is 2.17. The zero-order chi connectivity index (χ0) is 13.7. The number of hydrogen-bond acceptors (Lipinski definition) is 5.